The van der Waals surface area contributed by atoms with E-state index in [1.54, 1.807) is 18.3 Å². The molecule has 0 saturated heterocycles. The molecule has 172 valence electrons. The number of nitrogens with one attached hydrogen (secondary N) is 1. The Balaban J connectivity index is 1.50. The van der Waals surface area contributed by atoms with Crippen molar-refractivity contribution in [2.24, 2.45) is 0 Å². The van der Waals surface area contributed by atoms with Gasteiger partial charge in [0, 0.05) is 36.4 Å². The summed E-state index contributed by atoms with van der Waals surface area (Å²) in [6.07, 6.45) is 5.83. The number of benzene rings is 1. The molecule has 0 aliphatic carbocycles. The molecule has 0 radical (unpaired) electrons. The first-order valence-corrected chi connectivity index (χ1v) is 11.5. The lowest BCUT2D eigenvalue weighted by Crippen LogP contribution is -2.22. The van der Waals surface area contributed by atoms with Gasteiger partial charge in [0.25, 0.3) is 5.91 Å². The van der Waals surface area contributed by atoms with Gasteiger partial charge in [0.2, 0.25) is 0 Å². The van der Waals surface area contributed by atoms with Gasteiger partial charge in [-0.1, -0.05) is 25.7 Å². The van der Waals surface area contributed by atoms with Crippen LogP contribution in [0.25, 0.3) is 10.2 Å². The number of thiophene rings is 1. The molecule has 0 unspecified atom stereocenters. The molecular weight excluding hydrogens is 453 g/mol. The number of anilines is 1. The van der Waals surface area contributed by atoms with Crippen LogP contribution in [0.1, 0.15) is 29.2 Å². The Morgan fingerprint density at radius 1 is 1.12 bits per heavy atom. The molecule has 0 aliphatic rings. The Kier molecular flexibility index (Phi) is 7.42. The van der Waals surface area contributed by atoms with Crippen LogP contribution in [0.2, 0.25) is 0 Å². The van der Waals surface area contributed by atoms with E-state index in [0.29, 0.717) is 12.3 Å². The van der Waals surface area contributed by atoms with E-state index < -0.39 is 11.7 Å². The molecular formula is C25H22FN5O2S. The van der Waals surface area contributed by atoms with Crippen molar-refractivity contribution < 1.29 is 13.9 Å². The SMILES string of the molecule is CCN(CC)CC#Cc1cc2nccc(Oc3ccc(NC(=O)c4cnccn4)cc3F)c2s1. The molecule has 0 aliphatic heterocycles. The highest BCUT2D eigenvalue weighted by Crippen LogP contribution is 2.35. The van der Waals surface area contributed by atoms with Crippen LogP contribution in [-0.2, 0) is 0 Å². The molecule has 4 rings (SSSR count). The zero-order valence-corrected chi connectivity index (χ0v) is 19.5. The van der Waals surface area contributed by atoms with Gasteiger partial charge in [-0.05, 0) is 31.3 Å². The van der Waals surface area contributed by atoms with Crippen molar-refractivity contribution in [3.8, 4) is 23.3 Å². The molecule has 1 N–H and O–H groups in total. The number of ether oxygens (including phenoxy) is 1. The number of amides is 1. The zero-order chi connectivity index (χ0) is 23.9. The van der Waals surface area contributed by atoms with Crippen LogP contribution in [0.4, 0.5) is 10.1 Å². The number of aromatic nitrogens is 3. The quantitative estimate of drug-likeness (QED) is 0.381. The maximum atomic E-state index is 14.8. The maximum absolute atomic E-state index is 14.8. The van der Waals surface area contributed by atoms with Gasteiger partial charge >= 0.3 is 0 Å². The summed E-state index contributed by atoms with van der Waals surface area (Å²) < 4.78 is 21.4. The summed E-state index contributed by atoms with van der Waals surface area (Å²) in [6, 6.07) is 7.81. The summed E-state index contributed by atoms with van der Waals surface area (Å²) >= 11 is 1.45. The lowest BCUT2D eigenvalue weighted by atomic mass is 10.2. The third-order valence-corrected chi connectivity index (χ3v) is 6.04. The number of fused-ring (bicyclic) bond motifs is 1. The van der Waals surface area contributed by atoms with Crippen molar-refractivity contribution in [3.63, 3.8) is 0 Å². The number of carbonyl (C=O) groups excluding carboxylic acids is 1. The predicted octanol–water partition coefficient (Wildman–Crippen LogP) is 4.96. The Morgan fingerprint density at radius 2 is 1.97 bits per heavy atom. The molecule has 1 aromatic carbocycles. The summed E-state index contributed by atoms with van der Waals surface area (Å²) in [6.45, 7) is 6.81. The molecule has 9 heteroatoms. The van der Waals surface area contributed by atoms with Crippen LogP contribution in [0.3, 0.4) is 0 Å². The molecule has 7 nitrogen and oxygen atoms in total. The van der Waals surface area contributed by atoms with Crippen molar-refractivity contribution in [1.29, 1.82) is 0 Å². The smallest absolute Gasteiger partial charge is 0.275 e. The molecule has 3 aromatic heterocycles. The van der Waals surface area contributed by atoms with Gasteiger partial charge in [0.15, 0.2) is 11.6 Å². The molecule has 3 heterocycles. The van der Waals surface area contributed by atoms with Crippen LogP contribution in [0.15, 0.2) is 55.1 Å². The third kappa shape index (κ3) is 5.54. The maximum Gasteiger partial charge on any atom is 0.275 e. The minimum Gasteiger partial charge on any atom is -0.453 e. The zero-order valence-electron chi connectivity index (χ0n) is 18.7. The highest BCUT2D eigenvalue weighted by Gasteiger charge is 2.13. The van der Waals surface area contributed by atoms with Crippen LogP contribution in [-0.4, -0.2) is 45.4 Å². The fourth-order valence-corrected chi connectivity index (χ4v) is 4.07. The predicted molar refractivity (Wildman–Crippen MR) is 131 cm³/mol. The molecule has 34 heavy (non-hydrogen) atoms. The molecule has 0 bridgehead atoms. The van der Waals surface area contributed by atoms with Gasteiger partial charge < -0.3 is 10.1 Å². The standard InChI is InChI=1S/C25H22FN5O2S/c1-3-31(4-2)13-5-6-18-15-20-24(34-18)23(9-10-28-20)33-22-8-7-17(14-19(22)26)30-25(32)21-16-27-11-12-29-21/h7-12,14-16H,3-4,13H2,1-2H3,(H,30,32). The third-order valence-electron chi connectivity index (χ3n) is 4.99. The summed E-state index contributed by atoms with van der Waals surface area (Å²) in [7, 11) is 0. The van der Waals surface area contributed by atoms with E-state index in [-0.39, 0.29) is 17.1 Å². The normalized spacial score (nSPS) is 10.7. The monoisotopic (exact) mass is 475 g/mol. The van der Waals surface area contributed by atoms with Gasteiger partial charge in [-0.25, -0.2) is 9.37 Å². The van der Waals surface area contributed by atoms with Crippen molar-refractivity contribution in [2.45, 2.75) is 13.8 Å². The molecule has 1 amide bonds. The first-order chi connectivity index (χ1) is 16.6. The number of halogens is 1. The van der Waals surface area contributed by atoms with E-state index in [4.69, 9.17) is 4.74 Å². The molecule has 0 fully saturated rings. The summed E-state index contributed by atoms with van der Waals surface area (Å²) in [5.41, 5.74) is 1.15. The largest absolute Gasteiger partial charge is 0.453 e. The minimum atomic E-state index is -0.613. The van der Waals surface area contributed by atoms with Crippen molar-refractivity contribution >= 4 is 33.1 Å². The van der Waals surface area contributed by atoms with E-state index in [1.807, 2.05) is 6.07 Å². The number of rotatable bonds is 7. The van der Waals surface area contributed by atoms with E-state index in [2.05, 4.69) is 50.9 Å². The van der Waals surface area contributed by atoms with E-state index >= 15 is 0 Å². The van der Waals surface area contributed by atoms with E-state index in [9.17, 15) is 9.18 Å². The van der Waals surface area contributed by atoms with Gasteiger partial charge in [-0.2, -0.15) is 0 Å². The topological polar surface area (TPSA) is 80.2 Å². The van der Waals surface area contributed by atoms with E-state index in [1.165, 1.54) is 42.1 Å². The highest BCUT2D eigenvalue weighted by atomic mass is 32.1. The number of hydrogen-bond acceptors (Lipinski definition) is 7. The first-order valence-electron chi connectivity index (χ1n) is 10.7. The number of nitrogens with zero attached hydrogens (tertiary/aromatic N) is 4. The summed E-state index contributed by atoms with van der Waals surface area (Å²) in [5.74, 6) is 5.80. The number of carbonyl (C=O) groups is 1. The summed E-state index contributed by atoms with van der Waals surface area (Å²) in [5, 5.41) is 2.60. The Hall–Kier alpha value is -3.87. The second-order valence-corrected chi connectivity index (χ2v) is 8.24. The molecule has 0 spiro atoms. The van der Waals surface area contributed by atoms with E-state index in [0.717, 1.165) is 28.2 Å². The van der Waals surface area contributed by atoms with Crippen molar-refractivity contribution in [2.75, 3.05) is 25.0 Å². The van der Waals surface area contributed by atoms with Gasteiger partial charge in [-0.15, -0.1) is 11.3 Å². The lowest BCUT2D eigenvalue weighted by molar-refractivity contribution is 0.102. The van der Waals surface area contributed by atoms with Crippen LogP contribution < -0.4 is 10.1 Å². The fraction of sp³-hybridized carbons (Fsp3) is 0.200. The van der Waals surface area contributed by atoms with Gasteiger partial charge in [-0.3, -0.25) is 19.7 Å². The van der Waals surface area contributed by atoms with Gasteiger partial charge in [0.05, 0.1) is 27.8 Å². The summed E-state index contributed by atoms with van der Waals surface area (Å²) in [4.78, 5) is 27.5. The van der Waals surface area contributed by atoms with Crippen LogP contribution in [0.5, 0.6) is 11.5 Å². The molecule has 0 saturated carbocycles. The fourth-order valence-electron chi connectivity index (χ4n) is 3.13. The second kappa shape index (κ2) is 10.8. The average molecular weight is 476 g/mol. The van der Waals surface area contributed by atoms with Crippen LogP contribution >= 0.6 is 11.3 Å². The average Bonchev–Trinajstić information content (AvgIpc) is 3.28. The number of hydrogen-bond donors (Lipinski definition) is 1. The second-order valence-electron chi connectivity index (χ2n) is 7.19. The first kappa shape index (κ1) is 23.3. The van der Waals surface area contributed by atoms with Crippen molar-refractivity contribution in [1.82, 2.24) is 19.9 Å². The molecule has 0 atom stereocenters. The molecule has 4 aromatic rings. The highest BCUT2D eigenvalue weighted by molar-refractivity contribution is 7.19. The minimum absolute atomic E-state index is 0.0348. The van der Waals surface area contributed by atoms with Crippen molar-refractivity contribution in [3.05, 3.63) is 71.5 Å². The Morgan fingerprint density at radius 3 is 2.71 bits per heavy atom. The number of pyridine rings is 1. The van der Waals surface area contributed by atoms with Crippen LogP contribution in [0, 0.1) is 17.7 Å². The Labute approximate surface area is 200 Å². The Bertz CT molecular complexity index is 1360. The van der Waals surface area contributed by atoms with Gasteiger partial charge in [0.1, 0.15) is 11.4 Å². The lowest BCUT2D eigenvalue weighted by Gasteiger charge is -2.12.